The SMILES string of the molecule is CN1CCC(CCNC(=O)CNc2ccccc2)CC1.Cl.Cl. The van der Waals surface area contributed by atoms with Crippen LogP contribution in [0.1, 0.15) is 19.3 Å². The van der Waals surface area contributed by atoms with Crippen molar-refractivity contribution in [3.05, 3.63) is 30.3 Å². The number of hydrogen-bond donors (Lipinski definition) is 2. The molecule has 2 rings (SSSR count). The fourth-order valence-corrected chi connectivity index (χ4v) is 2.57. The number of carbonyl (C=O) groups excluding carboxylic acids is 1. The quantitative estimate of drug-likeness (QED) is 0.831. The third-order valence-corrected chi connectivity index (χ3v) is 3.94. The van der Waals surface area contributed by atoms with Crippen LogP contribution in [-0.2, 0) is 4.79 Å². The number of carbonyl (C=O) groups is 1. The minimum absolute atomic E-state index is 0. The van der Waals surface area contributed by atoms with Crippen LogP contribution in [0.15, 0.2) is 30.3 Å². The molecule has 0 unspecified atom stereocenters. The first-order valence-corrected chi connectivity index (χ1v) is 7.48. The second-order valence-electron chi connectivity index (χ2n) is 5.60. The average Bonchev–Trinajstić information content (AvgIpc) is 2.48. The van der Waals surface area contributed by atoms with Crippen molar-refractivity contribution in [2.24, 2.45) is 5.92 Å². The van der Waals surface area contributed by atoms with Gasteiger partial charge in [-0.2, -0.15) is 0 Å². The number of nitrogens with one attached hydrogen (secondary N) is 2. The third-order valence-electron chi connectivity index (χ3n) is 3.94. The van der Waals surface area contributed by atoms with Crippen molar-refractivity contribution in [2.75, 3.05) is 38.5 Å². The van der Waals surface area contributed by atoms with E-state index in [2.05, 4.69) is 22.6 Å². The molecular formula is C16H27Cl2N3O. The second-order valence-corrected chi connectivity index (χ2v) is 5.60. The predicted octanol–water partition coefficient (Wildman–Crippen LogP) is 2.79. The summed E-state index contributed by atoms with van der Waals surface area (Å²) in [4.78, 5) is 14.1. The van der Waals surface area contributed by atoms with Gasteiger partial charge in [0.15, 0.2) is 0 Å². The van der Waals surface area contributed by atoms with E-state index in [1.54, 1.807) is 0 Å². The van der Waals surface area contributed by atoms with Crippen LogP contribution in [0.4, 0.5) is 5.69 Å². The number of nitrogens with zero attached hydrogens (tertiary/aromatic N) is 1. The molecule has 1 fully saturated rings. The molecule has 0 saturated carbocycles. The Kier molecular flexibility index (Phi) is 11.1. The molecule has 1 heterocycles. The monoisotopic (exact) mass is 347 g/mol. The number of halogens is 2. The van der Waals surface area contributed by atoms with E-state index in [9.17, 15) is 4.79 Å². The zero-order valence-electron chi connectivity index (χ0n) is 13.1. The van der Waals surface area contributed by atoms with Crippen LogP contribution in [0.3, 0.4) is 0 Å². The van der Waals surface area contributed by atoms with Crippen molar-refractivity contribution in [1.82, 2.24) is 10.2 Å². The number of rotatable bonds is 6. The minimum atomic E-state index is 0. The number of para-hydroxylation sites is 1. The molecule has 126 valence electrons. The van der Waals surface area contributed by atoms with Crippen molar-refractivity contribution in [3.63, 3.8) is 0 Å². The van der Waals surface area contributed by atoms with Gasteiger partial charge >= 0.3 is 0 Å². The molecule has 22 heavy (non-hydrogen) atoms. The van der Waals surface area contributed by atoms with E-state index in [1.807, 2.05) is 30.3 Å². The molecule has 0 aromatic heterocycles. The van der Waals surface area contributed by atoms with Crippen molar-refractivity contribution in [3.8, 4) is 0 Å². The number of amides is 1. The smallest absolute Gasteiger partial charge is 0.239 e. The van der Waals surface area contributed by atoms with E-state index >= 15 is 0 Å². The van der Waals surface area contributed by atoms with Gasteiger partial charge in [-0.05, 0) is 57.5 Å². The largest absolute Gasteiger partial charge is 0.376 e. The molecule has 1 aromatic carbocycles. The summed E-state index contributed by atoms with van der Waals surface area (Å²) in [6.07, 6.45) is 3.62. The molecule has 0 atom stereocenters. The maximum Gasteiger partial charge on any atom is 0.239 e. The van der Waals surface area contributed by atoms with Gasteiger partial charge in [-0.15, -0.1) is 24.8 Å². The Hall–Kier alpha value is -0.970. The maximum absolute atomic E-state index is 11.7. The fourth-order valence-electron chi connectivity index (χ4n) is 2.57. The van der Waals surface area contributed by atoms with Gasteiger partial charge in [0, 0.05) is 12.2 Å². The summed E-state index contributed by atoms with van der Waals surface area (Å²) in [6.45, 7) is 3.52. The lowest BCUT2D eigenvalue weighted by Gasteiger charge is -2.28. The molecule has 1 saturated heterocycles. The van der Waals surface area contributed by atoms with Gasteiger partial charge in [0.05, 0.1) is 6.54 Å². The van der Waals surface area contributed by atoms with Gasteiger partial charge < -0.3 is 15.5 Å². The van der Waals surface area contributed by atoms with E-state index in [0.29, 0.717) is 6.54 Å². The van der Waals surface area contributed by atoms with E-state index in [1.165, 1.54) is 25.9 Å². The number of likely N-dealkylation sites (tertiary alicyclic amines) is 1. The van der Waals surface area contributed by atoms with Gasteiger partial charge in [-0.1, -0.05) is 18.2 Å². The number of benzene rings is 1. The Morgan fingerprint density at radius 2 is 1.82 bits per heavy atom. The zero-order chi connectivity index (χ0) is 14.2. The number of piperidine rings is 1. The molecule has 1 aliphatic heterocycles. The summed E-state index contributed by atoms with van der Waals surface area (Å²) in [7, 11) is 2.17. The van der Waals surface area contributed by atoms with Crippen molar-refractivity contribution in [1.29, 1.82) is 0 Å². The van der Waals surface area contributed by atoms with Crippen LogP contribution in [0.25, 0.3) is 0 Å². The lowest BCUT2D eigenvalue weighted by Crippen LogP contribution is -2.34. The Morgan fingerprint density at radius 3 is 2.45 bits per heavy atom. The van der Waals surface area contributed by atoms with Crippen LogP contribution in [0, 0.1) is 5.92 Å². The van der Waals surface area contributed by atoms with E-state index in [0.717, 1.165) is 24.6 Å². The summed E-state index contributed by atoms with van der Waals surface area (Å²) in [5.74, 6) is 0.843. The van der Waals surface area contributed by atoms with E-state index in [-0.39, 0.29) is 30.7 Å². The van der Waals surface area contributed by atoms with Crippen molar-refractivity contribution in [2.45, 2.75) is 19.3 Å². The Labute approximate surface area is 145 Å². The molecule has 0 aliphatic carbocycles. The molecule has 6 heteroatoms. The Morgan fingerprint density at radius 1 is 1.18 bits per heavy atom. The predicted molar refractivity (Wildman–Crippen MR) is 97.3 cm³/mol. The summed E-state index contributed by atoms with van der Waals surface area (Å²) in [5.41, 5.74) is 0.984. The molecule has 1 amide bonds. The Bertz CT molecular complexity index is 409. The third kappa shape index (κ3) is 7.87. The molecule has 0 radical (unpaired) electrons. The zero-order valence-corrected chi connectivity index (χ0v) is 14.7. The molecule has 0 spiro atoms. The van der Waals surface area contributed by atoms with Gasteiger partial charge in [-0.3, -0.25) is 4.79 Å². The molecule has 4 nitrogen and oxygen atoms in total. The summed E-state index contributed by atoms with van der Waals surface area (Å²) in [5, 5.41) is 6.12. The highest BCUT2D eigenvalue weighted by molar-refractivity contribution is 5.85. The first-order valence-electron chi connectivity index (χ1n) is 7.48. The number of hydrogen-bond acceptors (Lipinski definition) is 3. The highest BCUT2D eigenvalue weighted by atomic mass is 35.5. The normalized spacial score (nSPS) is 15.3. The average molecular weight is 348 g/mol. The lowest BCUT2D eigenvalue weighted by atomic mass is 9.94. The van der Waals surface area contributed by atoms with Gasteiger partial charge in [0.2, 0.25) is 5.91 Å². The van der Waals surface area contributed by atoms with Crippen molar-refractivity contribution < 1.29 is 4.79 Å². The maximum atomic E-state index is 11.7. The highest BCUT2D eigenvalue weighted by Gasteiger charge is 2.16. The summed E-state index contributed by atoms with van der Waals surface area (Å²) in [6, 6.07) is 9.81. The minimum Gasteiger partial charge on any atom is -0.376 e. The molecule has 1 aromatic rings. The van der Waals surface area contributed by atoms with E-state index in [4.69, 9.17) is 0 Å². The molecular weight excluding hydrogens is 321 g/mol. The van der Waals surface area contributed by atoms with Crippen LogP contribution < -0.4 is 10.6 Å². The van der Waals surface area contributed by atoms with Crippen LogP contribution in [-0.4, -0.2) is 44.0 Å². The summed E-state index contributed by atoms with van der Waals surface area (Å²) < 4.78 is 0. The van der Waals surface area contributed by atoms with Crippen LogP contribution in [0.2, 0.25) is 0 Å². The highest BCUT2D eigenvalue weighted by Crippen LogP contribution is 2.18. The number of anilines is 1. The fraction of sp³-hybridized carbons (Fsp3) is 0.562. The molecule has 1 aliphatic rings. The first-order chi connectivity index (χ1) is 9.74. The molecule has 2 N–H and O–H groups in total. The standard InChI is InChI=1S/C16H25N3O.2ClH/c1-19-11-8-14(9-12-19)7-10-17-16(20)13-18-15-5-3-2-4-6-15;;/h2-6,14,18H,7-13H2,1H3,(H,17,20);2*1H. The summed E-state index contributed by atoms with van der Waals surface area (Å²) >= 11 is 0. The van der Waals surface area contributed by atoms with Crippen LogP contribution >= 0.6 is 24.8 Å². The Balaban J connectivity index is 0.00000220. The van der Waals surface area contributed by atoms with Gasteiger partial charge in [0.1, 0.15) is 0 Å². The lowest BCUT2D eigenvalue weighted by molar-refractivity contribution is -0.119. The van der Waals surface area contributed by atoms with Crippen LogP contribution in [0.5, 0.6) is 0 Å². The topological polar surface area (TPSA) is 44.4 Å². The second kappa shape index (κ2) is 11.6. The van der Waals surface area contributed by atoms with E-state index < -0.39 is 0 Å². The van der Waals surface area contributed by atoms with Crippen molar-refractivity contribution >= 4 is 36.4 Å². The van der Waals surface area contributed by atoms with Gasteiger partial charge in [0.25, 0.3) is 0 Å². The first kappa shape index (κ1) is 21.0. The van der Waals surface area contributed by atoms with Gasteiger partial charge in [-0.25, -0.2) is 0 Å². The molecule has 0 bridgehead atoms.